The van der Waals surface area contributed by atoms with Gasteiger partial charge in [0.1, 0.15) is 0 Å². The Kier molecular flexibility index (Phi) is 11.0. The van der Waals surface area contributed by atoms with Gasteiger partial charge in [-0.2, -0.15) is 11.8 Å². The van der Waals surface area contributed by atoms with Crippen LogP contribution in [0.25, 0.3) is 0 Å². The van der Waals surface area contributed by atoms with Crippen LogP contribution in [0.5, 0.6) is 0 Å². The summed E-state index contributed by atoms with van der Waals surface area (Å²) in [5.74, 6) is 2.52. The van der Waals surface area contributed by atoms with Crippen molar-refractivity contribution in [3.05, 3.63) is 0 Å². The summed E-state index contributed by atoms with van der Waals surface area (Å²) < 4.78 is 0. The lowest BCUT2D eigenvalue weighted by atomic mass is 10.2. The average Bonchev–Trinajstić information content (AvgIpc) is 2.28. The third-order valence-electron chi connectivity index (χ3n) is 2.81. The Morgan fingerprint density at radius 3 is 2.33 bits per heavy atom. The van der Waals surface area contributed by atoms with Crippen LogP contribution in [0.2, 0.25) is 0 Å². The number of hydrogen-bond acceptors (Lipinski definition) is 3. The van der Waals surface area contributed by atoms with Crippen molar-refractivity contribution < 1.29 is 0 Å². The zero-order chi connectivity index (χ0) is 11.5. The summed E-state index contributed by atoms with van der Waals surface area (Å²) in [6, 6.07) is 0.705. The van der Waals surface area contributed by atoms with Gasteiger partial charge >= 0.3 is 0 Å². The minimum Gasteiger partial charge on any atom is -0.316 e. The monoisotopic (exact) mass is 232 g/mol. The minimum atomic E-state index is 0.705. The SMILES string of the molecule is CCCC(CSCCN(CC)CC)NC. The van der Waals surface area contributed by atoms with Crippen LogP contribution in [-0.4, -0.2) is 49.1 Å². The third-order valence-corrected chi connectivity index (χ3v) is 3.92. The van der Waals surface area contributed by atoms with Crippen molar-refractivity contribution in [2.75, 3.05) is 38.2 Å². The molecule has 0 aromatic carbocycles. The lowest BCUT2D eigenvalue weighted by Gasteiger charge is -2.19. The standard InChI is InChI=1S/C12H28N2S/c1-5-8-12(13-4)11-15-10-9-14(6-2)7-3/h12-13H,5-11H2,1-4H3. The van der Waals surface area contributed by atoms with Gasteiger partial charge in [-0.3, -0.25) is 0 Å². The number of hydrogen-bond donors (Lipinski definition) is 1. The molecule has 1 N–H and O–H groups in total. The van der Waals surface area contributed by atoms with Gasteiger partial charge in [-0.1, -0.05) is 27.2 Å². The molecule has 0 spiro atoms. The van der Waals surface area contributed by atoms with Gasteiger partial charge in [0.25, 0.3) is 0 Å². The second kappa shape index (κ2) is 10.8. The highest BCUT2D eigenvalue weighted by molar-refractivity contribution is 7.99. The maximum atomic E-state index is 3.38. The molecule has 3 heteroatoms. The van der Waals surface area contributed by atoms with Gasteiger partial charge in [-0.15, -0.1) is 0 Å². The summed E-state index contributed by atoms with van der Waals surface area (Å²) in [6.07, 6.45) is 2.58. The van der Waals surface area contributed by atoms with Crippen molar-refractivity contribution in [3.8, 4) is 0 Å². The molecule has 0 radical (unpaired) electrons. The molecule has 1 atom stereocenters. The molecule has 0 amide bonds. The van der Waals surface area contributed by atoms with E-state index in [0.29, 0.717) is 6.04 Å². The molecule has 0 aliphatic rings. The number of rotatable bonds is 10. The van der Waals surface area contributed by atoms with Crippen LogP contribution in [-0.2, 0) is 0 Å². The fourth-order valence-corrected chi connectivity index (χ4v) is 2.79. The van der Waals surface area contributed by atoms with Gasteiger partial charge in [0.05, 0.1) is 0 Å². The molecule has 2 nitrogen and oxygen atoms in total. The highest BCUT2D eigenvalue weighted by Crippen LogP contribution is 2.07. The molecular formula is C12H28N2S. The largest absolute Gasteiger partial charge is 0.316 e. The van der Waals surface area contributed by atoms with Gasteiger partial charge in [-0.25, -0.2) is 0 Å². The Balaban J connectivity index is 3.42. The second-order valence-corrected chi connectivity index (χ2v) is 5.03. The Morgan fingerprint density at radius 2 is 1.87 bits per heavy atom. The summed E-state index contributed by atoms with van der Waals surface area (Å²) in [5.41, 5.74) is 0. The van der Waals surface area contributed by atoms with Crippen LogP contribution in [0.1, 0.15) is 33.6 Å². The minimum absolute atomic E-state index is 0.705. The van der Waals surface area contributed by atoms with E-state index in [9.17, 15) is 0 Å². The molecule has 0 rings (SSSR count). The van der Waals surface area contributed by atoms with Crippen molar-refractivity contribution in [3.63, 3.8) is 0 Å². The van der Waals surface area contributed by atoms with Crippen LogP contribution >= 0.6 is 11.8 Å². The fraction of sp³-hybridized carbons (Fsp3) is 1.00. The van der Waals surface area contributed by atoms with Crippen molar-refractivity contribution in [1.82, 2.24) is 10.2 Å². The lowest BCUT2D eigenvalue weighted by molar-refractivity contribution is 0.324. The Hall–Kier alpha value is 0.270. The van der Waals surface area contributed by atoms with E-state index in [1.165, 1.54) is 44.0 Å². The van der Waals surface area contributed by atoms with Crippen molar-refractivity contribution in [2.45, 2.75) is 39.7 Å². The smallest absolute Gasteiger partial charge is 0.0155 e. The first-order valence-electron chi connectivity index (χ1n) is 6.25. The Labute approximate surface area is 100 Å². The van der Waals surface area contributed by atoms with Crippen LogP contribution in [0.3, 0.4) is 0 Å². The van der Waals surface area contributed by atoms with Crippen LogP contribution < -0.4 is 5.32 Å². The van der Waals surface area contributed by atoms with E-state index < -0.39 is 0 Å². The molecule has 0 aromatic rings. The topological polar surface area (TPSA) is 15.3 Å². The van der Waals surface area contributed by atoms with E-state index in [0.717, 1.165) is 0 Å². The Morgan fingerprint density at radius 1 is 1.20 bits per heavy atom. The van der Waals surface area contributed by atoms with Gasteiger partial charge in [-0.05, 0) is 26.6 Å². The molecular weight excluding hydrogens is 204 g/mol. The summed E-state index contributed by atoms with van der Waals surface area (Å²) in [5, 5.41) is 3.38. The number of thioether (sulfide) groups is 1. The van der Waals surface area contributed by atoms with Crippen LogP contribution in [0, 0.1) is 0 Å². The van der Waals surface area contributed by atoms with Crippen molar-refractivity contribution >= 4 is 11.8 Å². The molecule has 0 bridgehead atoms. The maximum absolute atomic E-state index is 3.38. The zero-order valence-electron chi connectivity index (χ0n) is 10.9. The third kappa shape index (κ3) is 8.12. The van der Waals surface area contributed by atoms with E-state index in [4.69, 9.17) is 0 Å². The lowest BCUT2D eigenvalue weighted by Crippen LogP contribution is -2.29. The molecule has 1 unspecified atom stereocenters. The molecule has 0 heterocycles. The van der Waals surface area contributed by atoms with Crippen LogP contribution in [0.15, 0.2) is 0 Å². The summed E-state index contributed by atoms with van der Waals surface area (Å²) in [7, 11) is 2.07. The maximum Gasteiger partial charge on any atom is 0.0155 e. The summed E-state index contributed by atoms with van der Waals surface area (Å²) in [6.45, 7) is 10.3. The van der Waals surface area contributed by atoms with Gasteiger partial charge in [0.2, 0.25) is 0 Å². The van der Waals surface area contributed by atoms with E-state index in [1.54, 1.807) is 0 Å². The first kappa shape index (κ1) is 15.3. The first-order valence-corrected chi connectivity index (χ1v) is 7.41. The average molecular weight is 232 g/mol. The second-order valence-electron chi connectivity index (χ2n) is 3.88. The quantitative estimate of drug-likeness (QED) is 0.583. The number of nitrogens with one attached hydrogen (secondary N) is 1. The van der Waals surface area contributed by atoms with E-state index in [-0.39, 0.29) is 0 Å². The molecule has 0 saturated heterocycles. The van der Waals surface area contributed by atoms with Crippen molar-refractivity contribution in [1.29, 1.82) is 0 Å². The summed E-state index contributed by atoms with van der Waals surface area (Å²) >= 11 is 2.08. The molecule has 15 heavy (non-hydrogen) atoms. The Bertz CT molecular complexity index is 127. The predicted octanol–water partition coefficient (Wildman–Crippen LogP) is 2.45. The highest BCUT2D eigenvalue weighted by Gasteiger charge is 2.05. The zero-order valence-corrected chi connectivity index (χ0v) is 11.7. The molecule has 0 saturated carbocycles. The number of nitrogens with zero attached hydrogens (tertiary/aromatic N) is 1. The molecule has 0 aliphatic heterocycles. The molecule has 0 aromatic heterocycles. The predicted molar refractivity (Wildman–Crippen MR) is 72.9 cm³/mol. The first-order chi connectivity index (χ1) is 7.28. The van der Waals surface area contributed by atoms with E-state index in [1.807, 2.05) is 0 Å². The van der Waals surface area contributed by atoms with E-state index in [2.05, 4.69) is 49.8 Å². The van der Waals surface area contributed by atoms with Crippen LogP contribution in [0.4, 0.5) is 0 Å². The molecule has 0 fully saturated rings. The van der Waals surface area contributed by atoms with Gasteiger partial charge < -0.3 is 10.2 Å². The fourth-order valence-electron chi connectivity index (χ4n) is 1.62. The van der Waals surface area contributed by atoms with Gasteiger partial charge in [0, 0.05) is 24.1 Å². The summed E-state index contributed by atoms with van der Waals surface area (Å²) in [4.78, 5) is 2.49. The normalized spacial score (nSPS) is 13.4. The molecule has 92 valence electrons. The van der Waals surface area contributed by atoms with E-state index >= 15 is 0 Å². The highest BCUT2D eigenvalue weighted by atomic mass is 32.2. The molecule has 0 aliphatic carbocycles. The van der Waals surface area contributed by atoms with Gasteiger partial charge in [0.15, 0.2) is 0 Å². The van der Waals surface area contributed by atoms with Crippen molar-refractivity contribution in [2.24, 2.45) is 0 Å².